The van der Waals surface area contributed by atoms with Crippen molar-refractivity contribution in [3.8, 4) is 12.5 Å². The predicted octanol–water partition coefficient (Wildman–Crippen LogP) is 10.5. The lowest BCUT2D eigenvalue weighted by Gasteiger charge is -2.07. The zero-order chi connectivity index (χ0) is 41.5. The number of ether oxygens (including phenoxy) is 3. The maximum Gasteiger partial charge on any atom is 0.338 e. The zero-order valence-electron chi connectivity index (χ0n) is 31.0. The molecule has 6 rings (SSSR count). The Kier molecular flexibility index (Phi) is 17.7. The first-order valence-electron chi connectivity index (χ1n) is 16.6. The number of nitrogens with zero attached hydrogens (tertiary/aromatic N) is 5. The standard InChI is InChI=1S/C13H12Cl2N2O2.C13H12N2O2.C11H12N2O2.C2HCl3/c1-8(2)19-13(18)9-3-4-11-10(5-9)16-7-17(11)12(15)6-14;1-4-15-8-14-11-7-10(5-6-12(11)15)13(16)17-9(2)3;1-7(2)15-11(14)8-3-4-9-10(5-8)13-6-12-9;3-1-2(4)5/h3-8H,1-2H3;1,5-9H,2-3H3;3-7H,1-2H3,(H,12,13);1H/b12-6+;;;. The first-order valence-corrected chi connectivity index (χ1v) is 18.6. The quantitative estimate of drug-likeness (QED) is 0.0942. The number of imidazole rings is 3. The third-order valence-corrected chi connectivity index (χ3v) is 8.06. The summed E-state index contributed by atoms with van der Waals surface area (Å²) in [5.41, 5.74) is 8.40. The Labute approximate surface area is 348 Å². The van der Waals surface area contributed by atoms with E-state index in [1.807, 2.05) is 27.7 Å². The topological polar surface area (TPSA) is 143 Å². The number of terminal acetylenes is 1. The van der Waals surface area contributed by atoms with Gasteiger partial charge in [-0.15, -0.1) is 0 Å². The van der Waals surface area contributed by atoms with Gasteiger partial charge in [0.1, 0.15) is 22.3 Å². The number of hydrogen-bond donors (Lipinski definition) is 1. The Morgan fingerprint density at radius 2 is 1.14 bits per heavy atom. The number of fused-ring (bicyclic) bond motifs is 3. The second-order valence-corrected chi connectivity index (χ2v) is 13.9. The Morgan fingerprint density at radius 3 is 1.62 bits per heavy atom. The SMILES string of the molecule is C#Cn1cnc2cc(C(=O)OC(C)C)ccc21.CC(C)OC(=O)c1ccc2c(c1)ncn2/C(Cl)=C/Cl.CC(C)OC(=O)c1ccc2nc[nH]c2c1.ClC=C(Cl)Cl. The second kappa shape index (κ2) is 21.9. The number of rotatable bonds is 7. The minimum absolute atomic E-state index is 0.0895. The van der Waals surface area contributed by atoms with Crippen molar-refractivity contribution >= 4 is 114 Å². The number of aromatic nitrogens is 6. The van der Waals surface area contributed by atoms with Gasteiger partial charge in [-0.3, -0.25) is 9.13 Å². The fraction of sp³-hybridized carbons (Fsp3) is 0.231. The van der Waals surface area contributed by atoms with Crippen molar-refractivity contribution in [3.05, 3.63) is 106 Å². The minimum Gasteiger partial charge on any atom is -0.459 e. The molecule has 0 spiro atoms. The summed E-state index contributed by atoms with van der Waals surface area (Å²) in [5, 5.41) is 0.335. The van der Waals surface area contributed by atoms with E-state index in [2.05, 4.69) is 26.0 Å². The third-order valence-electron chi connectivity index (χ3n) is 6.79. The summed E-state index contributed by atoms with van der Waals surface area (Å²) in [5.74, 6) is -1.02. The molecule has 0 saturated carbocycles. The molecule has 0 bridgehead atoms. The number of H-pyrrole nitrogens is 1. The highest BCUT2D eigenvalue weighted by Crippen LogP contribution is 2.22. The molecule has 1 N–H and O–H groups in total. The van der Waals surface area contributed by atoms with Crippen LogP contribution in [0.15, 0.2) is 89.1 Å². The van der Waals surface area contributed by atoms with E-state index in [4.69, 9.17) is 78.6 Å². The molecular formula is C39H37Cl5N6O6. The minimum atomic E-state index is -0.370. The summed E-state index contributed by atoms with van der Waals surface area (Å²) >= 11 is 26.3. The molecular weight excluding hydrogens is 826 g/mol. The van der Waals surface area contributed by atoms with Crippen LogP contribution < -0.4 is 0 Å². The van der Waals surface area contributed by atoms with Crippen LogP contribution in [0.5, 0.6) is 0 Å². The van der Waals surface area contributed by atoms with E-state index in [1.54, 1.807) is 96.6 Å². The van der Waals surface area contributed by atoms with Gasteiger partial charge in [0.25, 0.3) is 0 Å². The van der Waals surface area contributed by atoms with Crippen molar-refractivity contribution in [2.24, 2.45) is 0 Å². The Bertz CT molecular complexity index is 2390. The molecule has 3 aromatic carbocycles. The average Bonchev–Trinajstić information content (AvgIpc) is 3.92. The van der Waals surface area contributed by atoms with Gasteiger partial charge in [0, 0.05) is 17.1 Å². The summed E-state index contributed by atoms with van der Waals surface area (Å²) in [6, 6.07) is 17.9. The molecule has 0 saturated heterocycles. The highest BCUT2D eigenvalue weighted by Gasteiger charge is 2.14. The average molecular weight is 863 g/mol. The summed E-state index contributed by atoms with van der Waals surface area (Å²) < 4.78 is 18.6. The number of halogens is 5. The summed E-state index contributed by atoms with van der Waals surface area (Å²) in [4.78, 5) is 50.3. The van der Waals surface area contributed by atoms with E-state index >= 15 is 0 Å². The molecule has 3 aromatic heterocycles. The number of carbonyl (C=O) groups is 3. The van der Waals surface area contributed by atoms with E-state index in [-0.39, 0.29) is 40.7 Å². The summed E-state index contributed by atoms with van der Waals surface area (Å²) in [6.07, 6.45) is 9.60. The number of esters is 3. The Hall–Kier alpha value is -5.03. The van der Waals surface area contributed by atoms with Crippen LogP contribution in [0.3, 0.4) is 0 Å². The van der Waals surface area contributed by atoms with Crippen LogP contribution in [0.2, 0.25) is 0 Å². The molecule has 294 valence electrons. The first-order chi connectivity index (χ1) is 26.6. The van der Waals surface area contributed by atoms with Crippen LogP contribution in [0.25, 0.3) is 38.3 Å². The van der Waals surface area contributed by atoms with Gasteiger partial charge in [-0.1, -0.05) is 64.4 Å². The van der Waals surface area contributed by atoms with Gasteiger partial charge in [0.05, 0.1) is 74.4 Å². The Morgan fingerprint density at radius 1 is 0.679 bits per heavy atom. The lowest BCUT2D eigenvalue weighted by molar-refractivity contribution is 0.0367. The molecule has 56 heavy (non-hydrogen) atoms. The van der Waals surface area contributed by atoms with Crippen molar-refractivity contribution < 1.29 is 28.6 Å². The van der Waals surface area contributed by atoms with Crippen LogP contribution in [0, 0.1) is 12.5 Å². The highest BCUT2D eigenvalue weighted by atomic mass is 35.5. The number of carbonyl (C=O) groups excluding carboxylic acids is 3. The summed E-state index contributed by atoms with van der Waals surface area (Å²) in [6.45, 7) is 10.9. The second-order valence-electron chi connectivity index (χ2n) is 12.1. The van der Waals surface area contributed by atoms with Crippen LogP contribution in [-0.4, -0.2) is 65.3 Å². The molecule has 0 unspecified atom stereocenters. The molecule has 17 heteroatoms. The van der Waals surface area contributed by atoms with Crippen molar-refractivity contribution in [2.75, 3.05) is 0 Å². The molecule has 0 radical (unpaired) electrons. The van der Waals surface area contributed by atoms with Crippen LogP contribution in [0.4, 0.5) is 0 Å². The van der Waals surface area contributed by atoms with Crippen molar-refractivity contribution in [1.82, 2.24) is 29.1 Å². The fourth-order valence-corrected chi connectivity index (χ4v) is 4.75. The lowest BCUT2D eigenvalue weighted by Crippen LogP contribution is -2.11. The molecule has 0 aliphatic carbocycles. The van der Waals surface area contributed by atoms with Gasteiger partial charge >= 0.3 is 17.9 Å². The van der Waals surface area contributed by atoms with Crippen LogP contribution in [0.1, 0.15) is 72.6 Å². The van der Waals surface area contributed by atoms with Gasteiger partial charge < -0.3 is 19.2 Å². The molecule has 12 nitrogen and oxygen atoms in total. The predicted molar refractivity (Wildman–Crippen MR) is 223 cm³/mol. The zero-order valence-corrected chi connectivity index (χ0v) is 34.7. The molecule has 0 atom stereocenters. The number of nitrogens with one attached hydrogen (secondary N) is 1. The maximum absolute atomic E-state index is 11.8. The van der Waals surface area contributed by atoms with Gasteiger partial charge in [-0.25, -0.2) is 29.3 Å². The largest absolute Gasteiger partial charge is 0.459 e. The lowest BCUT2D eigenvalue weighted by atomic mass is 10.2. The van der Waals surface area contributed by atoms with E-state index in [0.29, 0.717) is 32.9 Å². The number of hydrogen-bond acceptors (Lipinski definition) is 9. The first kappa shape index (κ1) is 45.4. The van der Waals surface area contributed by atoms with Crippen molar-refractivity contribution in [3.63, 3.8) is 0 Å². The molecule has 6 aromatic rings. The van der Waals surface area contributed by atoms with Crippen molar-refractivity contribution in [2.45, 2.75) is 59.9 Å². The third kappa shape index (κ3) is 13.3. The molecule has 0 aliphatic heterocycles. The number of aromatic amines is 1. The molecule has 0 amide bonds. The van der Waals surface area contributed by atoms with Crippen molar-refractivity contribution in [1.29, 1.82) is 0 Å². The van der Waals surface area contributed by atoms with Gasteiger partial charge in [-0.05, 0) is 96.1 Å². The molecule has 0 aliphatic rings. The molecule has 3 heterocycles. The van der Waals surface area contributed by atoms with Gasteiger partial charge in [0.2, 0.25) is 0 Å². The maximum atomic E-state index is 11.8. The molecule has 0 fully saturated rings. The highest BCUT2D eigenvalue weighted by molar-refractivity contribution is 6.58. The van der Waals surface area contributed by atoms with E-state index < -0.39 is 0 Å². The van der Waals surface area contributed by atoms with E-state index in [9.17, 15) is 14.4 Å². The normalized spacial score (nSPS) is 10.8. The van der Waals surface area contributed by atoms with E-state index in [0.717, 1.165) is 27.6 Å². The number of benzene rings is 3. The van der Waals surface area contributed by atoms with Crippen LogP contribution >= 0.6 is 58.0 Å². The summed E-state index contributed by atoms with van der Waals surface area (Å²) in [7, 11) is 0. The van der Waals surface area contributed by atoms with Gasteiger partial charge in [0.15, 0.2) is 0 Å². The monoisotopic (exact) mass is 860 g/mol. The van der Waals surface area contributed by atoms with Crippen LogP contribution in [-0.2, 0) is 14.2 Å². The Balaban J connectivity index is 0.000000213. The van der Waals surface area contributed by atoms with E-state index in [1.165, 1.54) is 5.54 Å². The van der Waals surface area contributed by atoms with Gasteiger partial charge in [-0.2, -0.15) is 0 Å². The fourth-order valence-electron chi connectivity index (χ4n) is 4.51. The smallest absolute Gasteiger partial charge is 0.338 e.